The molecule has 0 bridgehead atoms. The second-order valence-corrected chi connectivity index (χ2v) is 7.89. The van der Waals surface area contributed by atoms with Crippen LogP contribution in [0.3, 0.4) is 0 Å². The number of hydrogen-bond donors (Lipinski definition) is 1. The molecule has 3 aromatic heterocycles. The van der Waals surface area contributed by atoms with Gasteiger partial charge in [0.05, 0.1) is 16.3 Å². The van der Waals surface area contributed by atoms with Gasteiger partial charge in [-0.15, -0.1) is 11.3 Å². The molecule has 4 aromatic rings. The van der Waals surface area contributed by atoms with Gasteiger partial charge in [0.1, 0.15) is 5.58 Å². The molecule has 0 aliphatic rings. The number of anilines is 1. The summed E-state index contributed by atoms with van der Waals surface area (Å²) in [7, 11) is 0. The number of hydrogen-bond acceptors (Lipinski definition) is 7. The third-order valence-electron chi connectivity index (χ3n) is 3.97. The maximum Gasteiger partial charge on any atom is 0.336 e. The quantitative estimate of drug-likeness (QED) is 0.300. The van der Waals surface area contributed by atoms with Crippen LogP contribution < -0.4 is 10.9 Å². The van der Waals surface area contributed by atoms with Crippen molar-refractivity contribution in [1.82, 2.24) is 9.97 Å². The fourth-order valence-corrected chi connectivity index (χ4v) is 4.03. The maximum atomic E-state index is 12.3. The summed E-state index contributed by atoms with van der Waals surface area (Å²) >= 11 is 2.87. The lowest BCUT2D eigenvalue weighted by molar-refractivity contribution is -0.113. The molecule has 1 amide bonds. The Hall–Kier alpha value is -2.97. The van der Waals surface area contributed by atoms with E-state index in [0.717, 1.165) is 21.5 Å². The van der Waals surface area contributed by atoms with Crippen LogP contribution in [0.5, 0.6) is 0 Å². The highest BCUT2D eigenvalue weighted by atomic mass is 32.2. The van der Waals surface area contributed by atoms with Crippen LogP contribution in [-0.2, 0) is 4.79 Å². The Kier molecular flexibility index (Phi) is 5.23. The van der Waals surface area contributed by atoms with Gasteiger partial charge in [0, 0.05) is 29.4 Å². The summed E-state index contributed by atoms with van der Waals surface area (Å²) in [4.78, 5) is 33.6. The average molecular weight is 409 g/mol. The topological polar surface area (TPSA) is 85.1 Å². The minimum absolute atomic E-state index is 0.170. The lowest BCUT2D eigenvalue weighted by atomic mass is 10.1. The predicted octanol–water partition coefficient (Wildman–Crippen LogP) is 4.35. The molecule has 1 aromatic carbocycles. The van der Waals surface area contributed by atoms with Gasteiger partial charge in [-0.05, 0) is 42.1 Å². The molecule has 8 heteroatoms. The monoisotopic (exact) mass is 409 g/mol. The van der Waals surface area contributed by atoms with Gasteiger partial charge in [0.2, 0.25) is 5.91 Å². The zero-order valence-corrected chi connectivity index (χ0v) is 16.5. The molecular formula is C20H15N3O3S2. The van der Waals surface area contributed by atoms with Crippen molar-refractivity contribution in [3.63, 3.8) is 0 Å². The van der Waals surface area contributed by atoms with Crippen LogP contribution in [0.15, 0.2) is 68.4 Å². The van der Waals surface area contributed by atoms with Crippen molar-refractivity contribution in [2.24, 2.45) is 0 Å². The molecule has 0 aliphatic carbocycles. The average Bonchev–Trinajstić information content (AvgIpc) is 3.21. The summed E-state index contributed by atoms with van der Waals surface area (Å²) < 4.78 is 5.21. The first-order valence-electron chi connectivity index (χ1n) is 8.42. The number of nitrogens with zero attached hydrogens (tertiary/aromatic N) is 2. The van der Waals surface area contributed by atoms with Crippen LogP contribution in [0.25, 0.3) is 21.5 Å². The van der Waals surface area contributed by atoms with Crippen LogP contribution in [0, 0.1) is 6.92 Å². The largest absolute Gasteiger partial charge is 0.423 e. The molecule has 0 saturated carbocycles. The molecule has 140 valence electrons. The van der Waals surface area contributed by atoms with Gasteiger partial charge in [0.15, 0.2) is 5.16 Å². The molecular weight excluding hydrogens is 394 g/mol. The second-order valence-electron chi connectivity index (χ2n) is 6.00. The van der Waals surface area contributed by atoms with E-state index < -0.39 is 5.63 Å². The number of aryl methyl sites for hydroxylation is 1. The van der Waals surface area contributed by atoms with Crippen LogP contribution >= 0.6 is 23.1 Å². The van der Waals surface area contributed by atoms with Gasteiger partial charge in [0.25, 0.3) is 0 Å². The zero-order valence-electron chi connectivity index (χ0n) is 14.8. The summed E-state index contributed by atoms with van der Waals surface area (Å²) in [5.41, 5.74) is 2.28. The molecule has 0 spiro atoms. The molecule has 0 fully saturated rings. The Morgan fingerprint density at radius 3 is 2.96 bits per heavy atom. The lowest BCUT2D eigenvalue weighted by Gasteiger charge is -2.07. The zero-order chi connectivity index (χ0) is 19.5. The Labute approximate surface area is 168 Å². The number of carbonyl (C=O) groups is 1. The van der Waals surface area contributed by atoms with Gasteiger partial charge in [-0.1, -0.05) is 17.8 Å². The van der Waals surface area contributed by atoms with Gasteiger partial charge >= 0.3 is 5.63 Å². The highest BCUT2D eigenvalue weighted by Crippen LogP contribution is 2.25. The summed E-state index contributed by atoms with van der Waals surface area (Å²) in [5.74, 6) is -0.0200. The van der Waals surface area contributed by atoms with Crippen molar-refractivity contribution in [3.8, 4) is 10.6 Å². The third-order valence-corrected chi connectivity index (χ3v) is 5.73. The van der Waals surface area contributed by atoms with E-state index in [0.29, 0.717) is 16.4 Å². The van der Waals surface area contributed by atoms with Gasteiger partial charge in [-0.3, -0.25) is 4.79 Å². The number of carbonyl (C=O) groups excluding carboxylic acids is 1. The lowest BCUT2D eigenvalue weighted by Crippen LogP contribution is -2.14. The molecule has 3 heterocycles. The number of fused-ring (bicyclic) bond motifs is 1. The number of amides is 1. The van der Waals surface area contributed by atoms with Crippen molar-refractivity contribution < 1.29 is 9.21 Å². The van der Waals surface area contributed by atoms with Crippen LogP contribution in [0.2, 0.25) is 0 Å². The normalized spacial score (nSPS) is 10.9. The maximum absolute atomic E-state index is 12.3. The molecule has 28 heavy (non-hydrogen) atoms. The standard InChI is InChI=1S/C20H15N3O3S2/c1-12-9-19(25)26-16-10-13(4-5-14(12)16)22-18(24)11-28-20-21-7-6-15(23-20)17-3-2-8-27-17/h2-10H,11H2,1H3,(H,22,24). The summed E-state index contributed by atoms with van der Waals surface area (Å²) in [6.45, 7) is 1.85. The van der Waals surface area contributed by atoms with Crippen molar-refractivity contribution >= 4 is 45.7 Å². The van der Waals surface area contributed by atoms with Crippen molar-refractivity contribution in [2.45, 2.75) is 12.1 Å². The SMILES string of the molecule is Cc1cc(=O)oc2cc(NC(=O)CSc3nccc(-c4cccs4)n3)ccc12. The Morgan fingerprint density at radius 2 is 2.14 bits per heavy atom. The van der Waals surface area contributed by atoms with E-state index >= 15 is 0 Å². The molecule has 0 aliphatic heterocycles. The van der Waals surface area contributed by atoms with Gasteiger partial charge < -0.3 is 9.73 Å². The van der Waals surface area contributed by atoms with Crippen LogP contribution in [-0.4, -0.2) is 21.6 Å². The summed E-state index contributed by atoms with van der Waals surface area (Å²) in [6, 6.07) is 12.5. The Morgan fingerprint density at radius 1 is 1.25 bits per heavy atom. The second kappa shape index (κ2) is 7.95. The highest BCUT2D eigenvalue weighted by molar-refractivity contribution is 7.99. The Bertz CT molecular complexity index is 1200. The van der Waals surface area contributed by atoms with Crippen molar-refractivity contribution in [3.05, 3.63) is 70.0 Å². The predicted molar refractivity (Wildman–Crippen MR) is 112 cm³/mol. The van der Waals surface area contributed by atoms with Crippen LogP contribution in [0.1, 0.15) is 5.56 Å². The van der Waals surface area contributed by atoms with Gasteiger partial charge in [-0.25, -0.2) is 14.8 Å². The Balaban J connectivity index is 1.43. The van der Waals surface area contributed by atoms with Gasteiger partial charge in [-0.2, -0.15) is 0 Å². The smallest absolute Gasteiger partial charge is 0.336 e. The fraction of sp³-hybridized carbons (Fsp3) is 0.100. The molecule has 1 N–H and O–H groups in total. The van der Waals surface area contributed by atoms with E-state index in [9.17, 15) is 9.59 Å². The molecule has 0 radical (unpaired) electrons. The van der Waals surface area contributed by atoms with E-state index in [-0.39, 0.29) is 11.7 Å². The first-order valence-corrected chi connectivity index (χ1v) is 10.3. The molecule has 0 atom stereocenters. The summed E-state index contributed by atoms with van der Waals surface area (Å²) in [6.07, 6.45) is 1.69. The molecule has 0 saturated heterocycles. The van der Waals surface area contributed by atoms with Crippen molar-refractivity contribution in [1.29, 1.82) is 0 Å². The van der Waals surface area contributed by atoms with Crippen molar-refractivity contribution in [2.75, 3.05) is 11.1 Å². The van der Waals surface area contributed by atoms with Crippen LogP contribution in [0.4, 0.5) is 5.69 Å². The third kappa shape index (κ3) is 4.13. The first-order chi connectivity index (χ1) is 13.6. The number of thioether (sulfide) groups is 1. The molecule has 4 rings (SSSR count). The highest BCUT2D eigenvalue weighted by Gasteiger charge is 2.09. The minimum atomic E-state index is -0.410. The number of aromatic nitrogens is 2. The first kappa shape index (κ1) is 18.4. The van der Waals surface area contributed by atoms with E-state index in [2.05, 4.69) is 15.3 Å². The molecule has 6 nitrogen and oxygen atoms in total. The van der Waals surface area contributed by atoms with E-state index in [4.69, 9.17) is 4.42 Å². The van der Waals surface area contributed by atoms with E-state index in [1.807, 2.05) is 36.6 Å². The van der Waals surface area contributed by atoms with E-state index in [1.165, 1.54) is 17.8 Å². The number of nitrogens with one attached hydrogen (secondary N) is 1. The minimum Gasteiger partial charge on any atom is -0.423 e. The summed E-state index contributed by atoms with van der Waals surface area (Å²) in [5, 5.41) is 6.18. The molecule has 0 unspecified atom stereocenters. The van der Waals surface area contributed by atoms with E-state index in [1.54, 1.807) is 29.7 Å². The number of benzene rings is 1. The fourth-order valence-electron chi connectivity index (χ4n) is 2.70. The number of thiophene rings is 1. The number of rotatable bonds is 5.